The minimum atomic E-state index is -4.49. The van der Waals surface area contributed by atoms with E-state index in [2.05, 4.69) is 10.4 Å². The molecule has 2 N–H and O–H groups in total. The summed E-state index contributed by atoms with van der Waals surface area (Å²) in [5.74, 6) is -1.30. The maximum atomic E-state index is 13.1. The first-order chi connectivity index (χ1) is 9.29. The van der Waals surface area contributed by atoms with E-state index in [1.165, 1.54) is 0 Å². The molecule has 110 valence electrons. The van der Waals surface area contributed by atoms with Gasteiger partial charge in [0.2, 0.25) is 0 Å². The van der Waals surface area contributed by atoms with E-state index in [0.717, 1.165) is 12.8 Å². The maximum absolute atomic E-state index is 13.1. The first-order valence-electron chi connectivity index (χ1n) is 6.13. The zero-order valence-electron chi connectivity index (χ0n) is 10.1. The number of halogens is 4. The van der Waals surface area contributed by atoms with E-state index in [0.29, 0.717) is 4.68 Å². The molecule has 0 spiro atoms. The summed E-state index contributed by atoms with van der Waals surface area (Å²) in [6, 6.07) is -2.18. The Bertz CT molecular complexity index is 568. The summed E-state index contributed by atoms with van der Waals surface area (Å²) >= 11 is 5.85. The molecule has 1 aromatic rings. The number of hydrogen-bond donors (Lipinski definition) is 2. The van der Waals surface area contributed by atoms with Crippen molar-refractivity contribution in [2.75, 3.05) is 5.32 Å². The summed E-state index contributed by atoms with van der Waals surface area (Å²) < 4.78 is 40.1. The van der Waals surface area contributed by atoms with Crippen molar-refractivity contribution in [2.45, 2.75) is 37.5 Å². The Balaban J connectivity index is 2.06. The van der Waals surface area contributed by atoms with Crippen LogP contribution in [-0.2, 0) is 0 Å². The fourth-order valence-corrected chi connectivity index (χ4v) is 2.82. The second-order valence-electron chi connectivity index (χ2n) is 5.14. The van der Waals surface area contributed by atoms with Crippen molar-refractivity contribution in [3.8, 4) is 0 Å². The van der Waals surface area contributed by atoms with Crippen LogP contribution in [0.3, 0.4) is 0 Å². The standard InChI is InChI=1S/C11H11ClF3N3O2/c12-7-8(10(19)20)17-18-6(11(13,14)15)3-5(4-1-2-4)16-9(7)18/h4-6,16H,1-3H2,(H,19,20)/t5-,6+/m1/s1. The number of carboxylic acid groups (broad SMARTS) is 1. The van der Waals surface area contributed by atoms with Crippen molar-refractivity contribution in [1.82, 2.24) is 9.78 Å². The van der Waals surface area contributed by atoms with Crippen molar-refractivity contribution in [3.05, 3.63) is 10.7 Å². The lowest BCUT2D eigenvalue weighted by molar-refractivity contribution is -0.174. The maximum Gasteiger partial charge on any atom is 0.410 e. The lowest BCUT2D eigenvalue weighted by Crippen LogP contribution is -2.40. The minimum Gasteiger partial charge on any atom is -0.476 e. The Labute approximate surface area is 116 Å². The molecule has 1 fully saturated rings. The molecular weight excluding hydrogens is 299 g/mol. The van der Waals surface area contributed by atoms with Crippen LogP contribution in [0, 0.1) is 5.92 Å². The third kappa shape index (κ3) is 2.11. The van der Waals surface area contributed by atoms with Gasteiger partial charge in [-0.3, -0.25) is 0 Å². The smallest absolute Gasteiger partial charge is 0.410 e. The van der Waals surface area contributed by atoms with E-state index in [4.69, 9.17) is 16.7 Å². The van der Waals surface area contributed by atoms with Gasteiger partial charge >= 0.3 is 12.1 Å². The van der Waals surface area contributed by atoms with Crippen molar-refractivity contribution in [3.63, 3.8) is 0 Å². The molecule has 0 aromatic carbocycles. The van der Waals surface area contributed by atoms with Crippen LogP contribution in [0.5, 0.6) is 0 Å². The third-order valence-electron chi connectivity index (χ3n) is 3.72. The summed E-state index contributed by atoms with van der Waals surface area (Å²) in [6.07, 6.45) is -2.90. The van der Waals surface area contributed by atoms with E-state index < -0.39 is 23.9 Å². The molecule has 1 aliphatic heterocycles. The second kappa shape index (κ2) is 4.28. The monoisotopic (exact) mass is 309 g/mol. The van der Waals surface area contributed by atoms with Crippen LogP contribution in [0.1, 0.15) is 35.8 Å². The zero-order chi connectivity index (χ0) is 14.7. The fourth-order valence-electron chi connectivity index (χ4n) is 2.56. The largest absolute Gasteiger partial charge is 0.476 e. The number of carbonyl (C=O) groups is 1. The van der Waals surface area contributed by atoms with Crippen LogP contribution < -0.4 is 5.32 Å². The topological polar surface area (TPSA) is 67.1 Å². The van der Waals surface area contributed by atoms with E-state index >= 15 is 0 Å². The number of nitrogens with one attached hydrogen (secondary N) is 1. The van der Waals surface area contributed by atoms with Crippen LogP contribution in [-0.4, -0.2) is 33.1 Å². The van der Waals surface area contributed by atoms with E-state index in [9.17, 15) is 18.0 Å². The number of nitrogens with zero attached hydrogens (tertiary/aromatic N) is 2. The molecule has 3 rings (SSSR count). The molecule has 2 atom stereocenters. The van der Waals surface area contributed by atoms with Gasteiger partial charge in [-0.1, -0.05) is 11.6 Å². The molecule has 0 unspecified atom stereocenters. The molecule has 0 bridgehead atoms. The third-order valence-corrected chi connectivity index (χ3v) is 4.08. The number of carboxylic acids is 1. The van der Waals surface area contributed by atoms with Gasteiger partial charge in [-0.2, -0.15) is 18.3 Å². The number of alkyl halides is 3. The Morgan fingerprint density at radius 1 is 1.45 bits per heavy atom. The van der Waals surface area contributed by atoms with Crippen LogP contribution >= 0.6 is 11.6 Å². The highest BCUT2D eigenvalue weighted by Gasteiger charge is 2.50. The van der Waals surface area contributed by atoms with Crippen molar-refractivity contribution in [2.24, 2.45) is 5.92 Å². The minimum absolute atomic E-state index is 0.0467. The number of anilines is 1. The Hall–Kier alpha value is -1.44. The molecule has 1 aromatic heterocycles. The molecule has 0 saturated heterocycles. The summed E-state index contributed by atoms with van der Waals surface area (Å²) in [5.41, 5.74) is -0.556. The Morgan fingerprint density at radius 2 is 2.10 bits per heavy atom. The van der Waals surface area contributed by atoms with Gasteiger partial charge in [0.05, 0.1) is 0 Å². The first-order valence-corrected chi connectivity index (χ1v) is 6.51. The number of aromatic nitrogens is 2. The number of fused-ring (bicyclic) bond motifs is 1. The summed E-state index contributed by atoms with van der Waals surface area (Å²) in [6.45, 7) is 0. The normalized spacial score (nSPS) is 26.0. The molecule has 2 aliphatic rings. The molecule has 1 saturated carbocycles. The van der Waals surface area contributed by atoms with Crippen molar-refractivity contribution >= 4 is 23.4 Å². The summed E-state index contributed by atoms with van der Waals surface area (Å²) in [7, 11) is 0. The van der Waals surface area contributed by atoms with Gasteiger partial charge < -0.3 is 10.4 Å². The van der Waals surface area contributed by atoms with Crippen LogP contribution in [0.25, 0.3) is 0 Å². The van der Waals surface area contributed by atoms with Crippen molar-refractivity contribution in [1.29, 1.82) is 0 Å². The van der Waals surface area contributed by atoms with Gasteiger partial charge in [0.1, 0.15) is 10.8 Å². The molecular formula is C11H11ClF3N3O2. The summed E-state index contributed by atoms with van der Waals surface area (Å²) in [4.78, 5) is 11.0. The van der Waals surface area contributed by atoms with Crippen LogP contribution in [0.4, 0.5) is 19.0 Å². The molecule has 2 heterocycles. The average molecular weight is 310 g/mol. The van der Waals surface area contributed by atoms with E-state index in [1.54, 1.807) is 0 Å². The Kier molecular flexibility index (Phi) is 2.89. The van der Waals surface area contributed by atoms with Gasteiger partial charge in [0.15, 0.2) is 11.7 Å². The van der Waals surface area contributed by atoms with Crippen molar-refractivity contribution < 1.29 is 23.1 Å². The lowest BCUT2D eigenvalue weighted by Gasteiger charge is -2.33. The van der Waals surface area contributed by atoms with E-state index in [1.807, 2.05) is 0 Å². The van der Waals surface area contributed by atoms with Gasteiger partial charge in [-0.15, -0.1) is 0 Å². The second-order valence-corrected chi connectivity index (χ2v) is 5.52. The van der Waals surface area contributed by atoms with Crippen LogP contribution in [0.2, 0.25) is 5.02 Å². The SMILES string of the molecule is O=C(O)c1nn2c(c1Cl)N[C@@H](C1CC1)C[C@H]2C(F)(F)F. The van der Waals surface area contributed by atoms with Gasteiger partial charge in [-0.25, -0.2) is 9.48 Å². The molecule has 5 nitrogen and oxygen atoms in total. The average Bonchev–Trinajstić information content (AvgIpc) is 3.12. The fraction of sp³-hybridized carbons (Fsp3) is 0.636. The molecule has 0 radical (unpaired) electrons. The van der Waals surface area contributed by atoms with Gasteiger partial charge in [0, 0.05) is 6.04 Å². The Morgan fingerprint density at radius 3 is 2.60 bits per heavy atom. The predicted molar refractivity (Wildman–Crippen MR) is 64.0 cm³/mol. The highest BCUT2D eigenvalue weighted by atomic mass is 35.5. The first kappa shape index (κ1) is 13.5. The lowest BCUT2D eigenvalue weighted by atomic mass is 10.0. The number of hydrogen-bond acceptors (Lipinski definition) is 3. The van der Waals surface area contributed by atoms with Gasteiger partial charge in [0.25, 0.3) is 0 Å². The molecule has 20 heavy (non-hydrogen) atoms. The quantitative estimate of drug-likeness (QED) is 0.881. The predicted octanol–water partition coefficient (Wildman–Crippen LogP) is 2.93. The summed E-state index contributed by atoms with van der Waals surface area (Å²) in [5, 5.41) is 15.1. The van der Waals surface area contributed by atoms with Crippen LogP contribution in [0.15, 0.2) is 0 Å². The number of aromatic carboxylic acids is 1. The molecule has 0 amide bonds. The van der Waals surface area contributed by atoms with Gasteiger partial charge in [-0.05, 0) is 25.2 Å². The molecule has 9 heteroatoms. The van der Waals surface area contributed by atoms with E-state index in [-0.39, 0.29) is 29.2 Å². The molecule has 1 aliphatic carbocycles. The number of rotatable bonds is 2. The highest BCUT2D eigenvalue weighted by molar-refractivity contribution is 6.35. The highest BCUT2D eigenvalue weighted by Crippen LogP contribution is 2.47. The zero-order valence-corrected chi connectivity index (χ0v) is 10.9.